The molecule has 3 nitrogen and oxygen atoms in total. The highest BCUT2D eigenvalue weighted by Gasteiger charge is 2.39. The third-order valence-electron chi connectivity index (χ3n) is 4.42. The van der Waals surface area contributed by atoms with E-state index in [1.807, 2.05) is 6.07 Å². The number of benzene rings is 1. The van der Waals surface area contributed by atoms with E-state index in [1.165, 1.54) is 13.2 Å². The number of aliphatic hydroxyl groups excluding tert-OH is 1. The van der Waals surface area contributed by atoms with Gasteiger partial charge in [-0.05, 0) is 42.4 Å². The molecule has 0 amide bonds. The van der Waals surface area contributed by atoms with Gasteiger partial charge in [0.25, 0.3) is 0 Å². The zero-order chi connectivity index (χ0) is 13.4. The van der Waals surface area contributed by atoms with E-state index in [2.05, 4.69) is 4.90 Å². The Hall–Kier alpha value is -1.13. The molecular formula is C15H20FNO2. The summed E-state index contributed by atoms with van der Waals surface area (Å²) in [5.74, 6) is 1.27. The quantitative estimate of drug-likeness (QED) is 0.907. The number of halogens is 1. The number of nitrogens with zero attached hydrogens (tertiary/aromatic N) is 1. The Morgan fingerprint density at radius 1 is 1.32 bits per heavy atom. The van der Waals surface area contributed by atoms with Crippen LogP contribution in [0.5, 0.6) is 5.75 Å². The van der Waals surface area contributed by atoms with Gasteiger partial charge in [0.1, 0.15) is 0 Å². The van der Waals surface area contributed by atoms with Crippen molar-refractivity contribution in [2.75, 3.05) is 20.2 Å². The van der Waals surface area contributed by atoms with Gasteiger partial charge in [0.05, 0.1) is 13.2 Å². The highest BCUT2D eigenvalue weighted by Crippen LogP contribution is 2.38. The van der Waals surface area contributed by atoms with Crippen molar-refractivity contribution in [3.8, 4) is 5.75 Å². The Balaban J connectivity index is 1.64. The van der Waals surface area contributed by atoms with Crippen LogP contribution in [0.25, 0.3) is 0 Å². The van der Waals surface area contributed by atoms with Crippen LogP contribution in [0.3, 0.4) is 0 Å². The number of hydrogen-bond acceptors (Lipinski definition) is 3. The summed E-state index contributed by atoms with van der Waals surface area (Å²) in [7, 11) is 1.49. The molecule has 0 spiro atoms. The average Bonchev–Trinajstić information content (AvgIpc) is 2.88. The summed E-state index contributed by atoms with van der Waals surface area (Å²) in [6.07, 6.45) is 1.78. The lowest BCUT2D eigenvalue weighted by molar-refractivity contribution is 0.161. The average molecular weight is 265 g/mol. The zero-order valence-corrected chi connectivity index (χ0v) is 11.2. The van der Waals surface area contributed by atoms with E-state index in [0.717, 1.165) is 38.0 Å². The van der Waals surface area contributed by atoms with E-state index >= 15 is 0 Å². The Labute approximate surface area is 113 Å². The van der Waals surface area contributed by atoms with Crippen molar-refractivity contribution in [1.82, 2.24) is 4.90 Å². The molecule has 1 aliphatic carbocycles. The molecule has 1 heterocycles. The van der Waals surface area contributed by atoms with Gasteiger partial charge >= 0.3 is 0 Å². The van der Waals surface area contributed by atoms with E-state index in [-0.39, 0.29) is 11.9 Å². The van der Waals surface area contributed by atoms with Crippen LogP contribution < -0.4 is 4.74 Å². The van der Waals surface area contributed by atoms with Gasteiger partial charge in [-0.3, -0.25) is 4.90 Å². The van der Waals surface area contributed by atoms with Gasteiger partial charge in [-0.15, -0.1) is 0 Å². The van der Waals surface area contributed by atoms with E-state index in [4.69, 9.17) is 4.74 Å². The topological polar surface area (TPSA) is 32.7 Å². The second-order valence-corrected chi connectivity index (χ2v) is 5.81. The fourth-order valence-corrected chi connectivity index (χ4v) is 3.55. The van der Waals surface area contributed by atoms with Gasteiger partial charge in [0.2, 0.25) is 0 Å². The number of aliphatic hydroxyl groups is 1. The molecule has 1 saturated heterocycles. The monoisotopic (exact) mass is 265 g/mol. The molecule has 1 unspecified atom stereocenters. The summed E-state index contributed by atoms with van der Waals surface area (Å²) in [6.45, 7) is 2.92. The summed E-state index contributed by atoms with van der Waals surface area (Å²) in [5.41, 5.74) is 1.08. The molecule has 1 saturated carbocycles. The van der Waals surface area contributed by atoms with E-state index in [0.29, 0.717) is 17.6 Å². The minimum absolute atomic E-state index is 0.0944. The van der Waals surface area contributed by atoms with Crippen molar-refractivity contribution < 1.29 is 14.2 Å². The van der Waals surface area contributed by atoms with E-state index in [1.54, 1.807) is 6.07 Å². The highest BCUT2D eigenvalue weighted by molar-refractivity contribution is 5.30. The van der Waals surface area contributed by atoms with Crippen molar-refractivity contribution in [1.29, 1.82) is 0 Å². The predicted molar refractivity (Wildman–Crippen MR) is 70.4 cm³/mol. The smallest absolute Gasteiger partial charge is 0.165 e. The fourth-order valence-electron chi connectivity index (χ4n) is 3.55. The fraction of sp³-hybridized carbons (Fsp3) is 0.600. The SMILES string of the molecule is COc1cc(CN2C[C@H]3CC(O)C[C@H]3C2)ccc1F. The first kappa shape index (κ1) is 12.9. The molecule has 0 aromatic heterocycles. The molecule has 19 heavy (non-hydrogen) atoms. The second kappa shape index (κ2) is 5.10. The molecular weight excluding hydrogens is 245 g/mol. The summed E-state index contributed by atoms with van der Waals surface area (Å²) in [6, 6.07) is 5.06. The minimum atomic E-state index is -0.312. The normalized spacial score (nSPS) is 30.6. The first-order chi connectivity index (χ1) is 9.15. The van der Waals surface area contributed by atoms with E-state index < -0.39 is 0 Å². The molecule has 4 heteroatoms. The van der Waals surface area contributed by atoms with Crippen LogP contribution in [0.1, 0.15) is 18.4 Å². The maximum absolute atomic E-state index is 13.3. The highest BCUT2D eigenvalue weighted by atomic mass is 19.1. The summed E-state index contributed by atoms with van der Waals surface area (Å²) in [5, 5.41) is 9.63. The van der Waals surface area contributed by atoms with Gasteiger partial charge in [-0.1, -0.05) is 6.07 Å². The van der Waals surface area contributed by atoms with Crippen molar-refractivity contribution >= 4 is 0 Å². The maximum Gasteiger partial charge on any atom is 0.165 e. The van der Waals surface area contributed by atoms with Crippen LogP contribution in [0.2, 0.25) is 0 Å². The van der Waals surface area contributed by atoms with Crippen molar-refractivity contribution in [2.45, 2.75) is 25.5 Å². The number of ether oxygens (including phenoxy) is 1. The number of rotatable bonds is 3. The van der Waals surface area contributed by atoms with E-state index in [9.17, 15) is 9.50 Å². The Bertz CT molecular complexity index is 451. The first-order valence-corrected chi connectivity index (χ1v) is 6.88. The molecule has 3 atom stereocenters. The van der Waals surface area contributed by atoms with Gasteiger partial charge < -0.3 is 9.84 Å². The third kappa shape index (κ3) is 2.60. The molecule has 1 aliphatic heterocycles. The first-order valence-electron chi connectivity index (χ1n) is 6.88. The molecule has 0 bridgehead atoms. The number of likely N-dealkylation sites (tertiary alicyclic amines) is 1. The molecule has 104 valence electrons. The molecule has 1 aromatic carbocycles. The van der Waals surface area contributed by atoms with Crippen LogP contribution >= 0.6 is 0 Å². The van der Waals surface area contributed by atoms with Gasteiger partial charge in [-0.25, -0.2) is 4.39 Å². The Morgan fingerprint density at radius 2 is 2.00 bits per heavy atom. The Kier molecular flexibility index (Phi) is 3.46. The lowest BCUT2D eigenvalue weighted by Gasteiger charge is -2.18. The second-order valence-electron chi connectivity index (χ2n) is 5.81. The van der Waals surface area contributed by atoms with Crippen molar-refractivity contribution in [2.24, 2.45) is 11.8 Å². The Morgan fingerprint density at radius 3 is 2.63 bits per heavy atom. The van der Waals surface area contributed by atoms with Crippen LogP contribution in [0.4, 0.5) is 4.39 Å². The number of hydrogen-bond donors (Lipinski definition) is 1. The van der Waals surface area contributed by atoms with Gasteiger partial charge in [0, 0.05) is 19.6 Å². The third-order valence-corrected chi connectivity index (χ3v) is 4.42. The minimum Gasteiger partial charge on any atom is -0.494 e. The lowest BCUT2D eigenvalue weighted by Crippen LogP contribution is -2.22. The largest absolute Gasteiger partial charge is 0.494 e. The molecule has 0 radical (unpaired) electrons. The van der Waals surface area contributed by atoms with Crippen LogP contribution in [-0.2, 0) is 6.54 Å². The van der Waals surface area contributed by atoms with Crippen LogP contribution in [0, 0.1) is 17.7 Å². The molecule has 1 N–H and O–H groups in total. The lowest BCUT2D eigenvalue weighted by atomic mass is 10.0. The van der Waals surface area contributed by atoms with Crippen LogP contribution in [0.15, 0.2) is 18.2 Å². The molecule has 1 aromatic rings. The molecule has 2 fully saturated rings. The maximum atomic E-state index is 13.3. The summed E-state index contributed by atoms with van der Waals surface area (Å²) >= 11 is 0. The van der Waals surface area contributed by atoms with Gasteiger partial charge in [-0.2, -0.15) is 0 Å². The van der Waals surface area contributed by atoms with Crippen LogP contribution in [-0.4, -0.2) is 36.3 Å². The summed E-state index contributed by atoms with van der Waals surface area (Å²) in [4.78, 5) is 2.40. The standard InChI is InChI=1S/C15H20FNO2/c1-19-15-4-10(2-3-14(15)16)7-17-8-11-5-13(18)6-12(11)9-17/h2-4,11-13,18H,5-9H2,1H3/t11-,12+,13?. The van der Waals surface area contributed by atoms with Crippen molar-refractivity contribution in [3.05, 3.63) is 29.6 Å². The number of methoxy groups -OCH3 is 1. The number of fused-ring (bicyclic) bond motifs is 1. The predicted octanol–water partition coefficient (Wildman–Crippen LogP) is 2.04. The summed E-state index contributed by atoms with van der Waals surface area (Å²) < 4.78 is 18.4. The van der Waals surface area contributed by atoms with Gasteiger partial charge in [0.15, 0.2) is 11.6 Å². The molecule has 3 rings (SSSR count). The zero-order valence-electron chi connectivity index (χ0n) is 11.2. The van der Waals surface area contributed by atoms with Crippen molar-refractivity contribution in [3.63, 3.8) is 0 Å². The molecule has 2 aliphatic rings.